The molecule has 1 atom stereocenters. The highest BCUT2D eigenvalue weighted by molar-refractivity contribution is 6.05. The van der Waals surface area contributed by atoms with Crippen LogP contribution in [0, 0.1) is 0 Å². The van der Waals surface area contributed by atoms with Crippen molar-refractivity contribution in [1.82, 2.24) is 10.2 Å². The molecule has 1 unspecified atom stereocenters. The van der Waals surface area contributed by atoms with Gasteiger partial charge in [0.15, 0.2) is 0 Å². The molecule has 0 bridgehead atoms. The van der Waals surface area contributed by atoms with Crippen molar-refractivity contribution >= 4 is 11.8 Å². The molecule has 1 aliphatic heterocycles. The molecular formula is C10H16N2O2. The van der Waals surface area contributed by atoms with Crippen molar-refractivity contribution in [2.45, 2.75) is 25.3 Å². The number of nitrogens with one attached hydrogen (secondary N) is 1. The van der Waals surface area contributed by atoms with Gasteiger partial charge in [0.2, 0.25) is 11.8 Å². The van der Waals surface area contributed by atoms with E-state index in [1.165, 1.54) is 11.9 Å². The minimum absolute atomic E-state index is 0.101. The number of carbonyl (C=O) groups is 2. The lowest BCUT2D eigenvalue weighted by molar-refractivity contribution is -0.137. The van der Waals surface area contributed by atoms with Gasteiger partial charge in [0.1, 0.15) is 0 Å². The van der Waals surface area contributed by atoms with Crippen LogP contribution in [-0.4, -0.2) is 36.3 Å². The van der Waals surface area contributed by atoms with Crippen molar-refractivity contribution in [2.24, 2.45) is 0 Å². The first-order chi connectivity index (χ1) is 6.66. The van der Waals surface area contributed by atoms with E-state index in [4.69, 9.17) is 0 Å². The van der Waals surface area contributed by atoms with Crippen LogP contribution in [0.1, 0.15) is 19.3 Å². The molecule has 0 saturated carbocycles. The fourth-order valence-electron chi connectivity index (χ4n) is 1.44. The van der Waals surface area contributed by atoms with Crippen LogP contribution in [0.2, 0.25) is 0 Å². The van der Waals surface area contributed by atoms with Crippen LogP contribution in [0.15, 0.2) is 12.7 Å². The Morgan fingerprint density at radius 1 is 1.64 bits per heavy atom. The average molecular weight is 196 g/mol. The van der Waals surface area contributed by atoms with E-state index in [0.29, 0.717) is 6.42 Å². The largest absolute Gasteiger partial charge is 0.305 e. The van der Waals surface area contributed by atoms with Gasteiger partial charge in [-0.25, -0.2) is 0 Å². The maximum absolute atomic E-state index is 11.4. The molecule has 1 saturated heterocycles. The van der Waals surface area contributed by atoms with Crippen molar-refractivity contribution < 1.29 is 9.59 Å². The van der Waals surface area contributed by atoms with Gasteiger partial charge in [-0.15, -0.1) is 6.58 Å². The second-order valence-electron chi connectivity index (χ2n) is 3.43. The molecule has 0 aromatic heterocycles. The molecule has 0 aliphatic carbocycles. The molecule has 2 amide bonds. The number of carbonyl (C=O) groups excluding carboxylic acids is 2. The fraction of sp³-hybridized carbons (Fsp3) is 0.600. The van der Waals surface area contributed by atoms with Gasteiger partial charge >= 0.3 is 0 Å². The number of hydrogen-bond acceptors (Lipinski definition) is 3. The van der Waals surface area contributed by atoms with Gasteiger partial charge in [0.25, 0.3) is 0 Å². The first-order valence-corrected chi connectivity index (χ1v) is 4.81. The minimum Gasteiger partial charge on any atom is -0.305 e. The third-order valence-electron chi connectivity index (χ3n) is 2.36. The van der Waals surface area contributed by atoms with Gasteiger partial charge in [-0.1, -0.05) is 6.08 Å². The van der Waals surface area contributed by atoms with E-state index in [1.54, 1.807) is 0 Å². The number of allylic oxidation sites excluding steroid dienone is 1. The lowest BCUT2D eigenvalue weighted by Gasteiger charge is -2.09. The molecule has 78 valence electrons. The number of hydrogen-bond donors (Lipinski definition) is 1. The molecule has 1 heterocycles. The smallest absolute Gasteiger partial charge is 0.246 e. The van der Waals surface area contributed by atoms with Crippen molar-refractivity contribution in [1.29, 1.82) is 0 Å². The highest BCUT2D eigenvalue weighted by Crippen LogP contribution is 2.10. The van der Waals surface area contributed by atoms with E-state index in [9.17, 15) is 9.59 Å². The third kappa shape index (κ3) is 2.42. The Bertz CT molecular complexity index is 251. The molecule has 4 nitrogen and oxygen atoms in total. The van der Waals surface area contributed by atoms with E-state index in [2.05, 4.69) is 11.9 Å². The van der Waals surface area contributed by atoms with E-state index in [-0.39, 0.29) is 17.9 Å². The number of likely N-dealkylation sites (N-methyl/N-ethyl adjacent to an activating group) is 1. The Morgan fingerprint density at radius 3 is 2.86 bits per heavy atom. The zero-order valence-corrected chi connectivity index (χ0v) is 8.45. The number of amides is 2. The Hall–Kier alpha value is -1.16. The van der Waals surface area contributed by atoms with Crippen LogP contribution in [0.3, 0.4) is 0 Å². The van der Waals surface area contributed by atoms with Gasteiger partial charge in [-0.05, 0) is 19.4 Å². The van der Waals surface area contributed by atoms with Crippen molar-refractivity contribution in [2.75, 3.05) is 13.6 Å². The molecule has 0 radical (unpaired) electrons. The second kappa shape index (κ2) is 4.91. The molecule has 14 heavy (non-hydrogen) atoms. The fourth-order valence-corrected chi connectivity index (χ4v) is 1.44. The second-order valence-corrected chi connectivity index (χ2v) is 3.43. The molecule has 1 aliphatic rings. The van der Waals surface area contributed by atoms with Crippen LogP contribution >= 0.6 is 0 Å². The predicted octanol–water partition coefficient (Wildman–Crippen LogP) is 0.299. The highest BCUT2D eigenvalue weighted by atomic mass is 16.2. The lowest BCUT2D eigenvalue weighted by atomic mass is 10.2. The number of unbranched alkanes of at least 4 members (excludes halogenated alkanes) is 1. The highest BCUT2D eigenvalue weighted by Gasteiger charge is 2.35. The van der Waals surface area contributed by atoms with Gasteiger partial charge in [-0.2, -0.15) is 0 Å². The SMILES string of the molecule is C=CCCCNC1CC(=O)N(C)C1=O. The zero-order chi connectivity index (χ0) is 10.6. The summed E-state index contributed by atoms with van der Waals surface area (Å²) in [6, 6.07) is -0.308. The maximum atomic E-state index is 11.4. The number of imide groups is 1. The van der Waals surface area contributed by atoms with E-state index in [0.717, 1.165) is 19.4 Å². The van der Waals surface area contributed by atoms with Crippen molar-refractivity contribution in [3.05, 3.63) is 12.7 Å². The Balaban J connectivity index is 2.29. The van der Waals surface area contributed by atoms with Gasteiger partial charge < -0.3 is 5.32 Å². The first-order valence-electron chi connectivity index (χ1n) is 4.81. The summed E-state index contributed by atoms with van der Waals surface area (Å²) < 4.78 is 0. The summed E-state index contributed by atoms with van der Waals surface area (Å²) in [5, 5.41) is 3.07. The third-order valence-corrected chi connectivity index (χ3v) is 2.36. The topological polar surface area (TPSA) is 49.4 Å². The summed E-state index contributed by atoms with van der Waals surface area (Å²) in [7, 11) is 1.52. The van der Waals surface area contributed by atoms with Crippen LogP contribution in [-0.2, 0) is 9.59 Å². The normalized spacial score (nSPS) is 21.8. The van der Waals surface area contributed by atoms with Crippen LogP contribution in [0.25, 0.3) is 0 Å². The van der Waals surface area contributed by atoms with Crippen LogP contribution < -0.4 is 5.32 Å². The average Bonchev–Trinajstić information content (AvgIpc) is 2.41. The first kappa shape index (κ1) is 10.9. The molecule has 0 aromatic rings. The summed E-state index contributed by atoms with van der Waals surface area (Å²) in [5.74, 6) is -0.218. The maximum Gasteiger partial charge on any atom is 0.246 e. The molecule has 0 aromatic carbocycles. The monoisotopic (exact) mass is 196 g/mol. The summed E-state index contributed by atoms with van der Waals surface area (Å²) in [4.78, 5) is 23.7. The summed E-state index contributed by atoms with van der Waals surface area (Å²) in [5.41, 5.74) is 0. The molecule has 1 fully saturated rings. The standard InChI is InChI=1S/C10H16N2O2/c1-3-4-5-6-11-8-7-9(13)12(2)10(8)14/h3,8,11H,1,4-7H2,2H3. The minimum atomic E-state index is -0.308. The molecule has 1 rings (SSSR count). The van der Waals surface area contributed by atoms with E-state index >= 15 is 0 Å². The Morgan fingerprint density at radius 2 is 2.36 bits per heavy atom. The summed E-state index contributed by atoms with van der Waals surface area (Å²) in [6.07, 6.45) is 4.02. The number of rotatable bonds is 5. The van der Waals surface area contributed by atoms with Crippen LogP contribution in [0.4, 0.5) is 0 Å². The number of nitrogens with zero attached hydrogens (tertiary/aromatic N) is 1. The molecule has 4 heteroatoms. The lowest BCUT2D eigenvalue weighted by Crippen LogP contribution is -2.37. The summed E-state index contributed by atoms with van der Waals surface area (Å²) >= 11 is 0. The number of likely N-dealkylation sites (tertiary alicyclic amines) is 1. The molecular weight excluding hydrogens is 180 g/mol. The molecule has 0 spiro atoms. The van der Waals surface area contributed by atoms with E-state index < -0.39 is 0 Å². The molecule has 1 N–H and O–H groups in total. The van der Waals surface area contributed by atoms with Gasteiger partial charge in [0, 0.05) is 7.05 Å². The van der Waals surface area contributed by atoms with Crippen molar-refractivity contribution in [3.63, 3.8) is 0 Å². The Kier molecular flexibility index (Phi) is 3.83. The quantitative estimate of drug-likeness (QED) is 0.391. The van der Waals surface area contributed by atoms with Crippen LogP contribution in [0.5, 0.6) is 0 Å². The van der Waals surface area contributed by atoms with Gasteiger partial charge in [-0.3, -0.25) is 14.5 Å². The summed E-state index contributed by atoms with van der Waals surface area (Å²) in [6.45, 7) is 4.37. The predicted molar refractivity (Wildman–Crippen MR) is 53.6 cm³/mol. The zero-order valence-electron chi connectivity index (χ0n) is 8.45. The van der Waals surface area contributed by atoms with Crippen molar-refractivity contribution in [3.8, 4) is 0 Å². The van der Waals surface area contributed by atoms with E-state index in [1.807, 2.05) is 6.08 Å². The van der Waals surface area contributed by atoms with Gasteiger partial charge in [0.05, 0.1) is 12.5 Å². The Labute approximate surface area is 84.0 Å².